The van der Waals surface area contributed by atoms with E-state index in [1.807, 2.05) is 5.32 Å². The zero-order valence-electron chi connectivity index (χ0n) is 17.7. The van der Waals surface area contributed by atoms with Crippen molar-refractivity contribution in [2.75, 3.05) is 27.5 Å². The van der Waals surface area contributed by atoms with Crippen LogP contribution in [-0.2, 0) is 9.59 Å². The Morgan fingerprint density at radius 3 is 2.33 bits per heavy atom. The maximum Gasteiger partial charge on any atom is 0.397 e. The second-order valence-electron chi connectivity index (χ2n) is 7.60. The molecular weight excluding hydrogens is 576 g/mol. The van der Waals surface area contributed by atoms with Crippen molar-refractivity contribution < 1.29 is 36.3 Å². The molecule has 2 aromatic rings. The second-order valence-corrected chi connectivity index (χ2v) is 10.5. The fourth-order valence-electron chi connectivity index (χ4n) is 2.89. The summed E-state index contributed by atoms with van der Waals surface area (Å²) < 4.78 is 64.4. The molecule has 15 heteroatoms. The third kappa shape index (κ3) is 7.37. The number of benzene rings is 2. The first-order chi connectivity index (χ1) is 16.7. The Morgan fingerprint density at radius 1 is 1.06 bits per heavy atom. The van der Waals surface area contributed by atoms with Gasteiger partial charge in [0.25, 0.3) is 5.91 Å². The van der Waals surface area contributed by atoms with Gasteiger partial charge < -0.3 is 16.0 Å². The number of carbonyl (C=O) groups excluding carboxylic acids is 3. The minimum atomic E-state index is -4.51. The molecule has 194 valence electrons. The largest absolute Gasteiger partial charge is 0.397 e. The molecule has 0 bridgehead atoms. The van der Waals surface area contributed by atoms with Crippen LogP contribution in [0.3, 0.4) is 0 Å². The van der Waals surface area contributed by atoms with Gasteiger partial charge in [0.2, 0.25) is 11.8 Å². The second kappa shape index (κ2) is 11.0. The zero-order chi connectivity index (χ0) is 26.8. The Kier molecular flexibility index (Phi) is 8.64. The van der Waals surface area contributed by atoms with E-state index in [9.17, 15) is 36.3 Å². The molecule has 1 unspecified atom stereocenters. The van der Waals surface area contributed by atoms with Gasteiger partial charge in [0.15, 0.2) is 5.82 Å². The standard InChI is InChI=1S/C21H15Cl3F5N3O3S/c22-12-2-1-9(30-19(35)11-6-20(11,23)24)5-10(12)18(34)31-14-4-3-13(25)17(16(14)26)32-15(33)7-36-8-21(27,28)29/h1-5,11H,6-8H2,(H,30,35)(H,31,34)(H,32,33). The quantitative estimate of drug-likeness (QED) is 0.251. The average molecular weight is 591 g/mol. The lowest BCUT2D eigenvalue weighted by Gasteiger charge is -2.13. The summed E-state index contributed by atoms with van der Waals surface area (Å²) in [4.78, 5) is 36.7. The molecule has 2 aromatic carbocycles. The van der Waals surface area contributed by atoms with Crippen LogP contribution in [0.4, 0.5) is 39.0 Å². The fourth-order valence-corrected chi connectivity index (χ4v) is 4.19. The normalized spacial score (nSPS) is 16.3. The predicted molar refractivity (Wildman–Crippen MR) is 129 cm³/mol. The number of alkyl halides is 5. The van der Waals surface area contributed by atoms with Crippen molar-refractivity contribution >= 4 is 81.3 Å². The Labute approximate surface area is 220 Å². The Morgan fingerprint density at radius 2 is 1.72 bits per heavy atom. The van der Waals surface area contributed by atoms with Gasteiger partial charge in [-0.1, -0.05) is 11.6 Å². The molecule has 1 atom stereocenters. The zero-order valence-corrected chi connectivity index (χ0v) is 20.8. The van der Waals surface area contributed by atoms with Crippen LogP contribution >= 0.6 is 46.6 Å². The highest BCUT2D eigenvalue weighted by atomic mass is 35.5. The monoisotopic (exact) mass is 589 g/mol. The first kappa shape index (κ1) is 28.3. The van der Waals surface area contributed by atoms with Gasteiger partial charge >= 0.3 is 6.18 Å². The van der Waals surface area contributed by atoms with Crippen LogP contribution in [0.1, 0.15) is 16.8 Å². The lowest BCUT2D eigenvalue weighted by atomic mass is 10.1. The SMILES string of the molecule is O=C(CSCC(F)(F)F)Nc1c(F)ccc(NC(=O)c2cc(NC(=O)C3CC3(Cl)Cl)ccc2Cl)c1F. The van der Waals surface area contributed by atoms with Crippen LogP contribution in [0.2, 0.25) is 5.02 Å². The summed E-state index contributed by atoms with van der Waals surface area (Å²) in [6.07, 6.45) is -4.25. The van der Waals surface area contributed by atoms with Crippen LogP contribution in [-0.4, -0.2) is 39.7 Å². The number of halogens is 8. The maximum atomic E-state index is 14.8. The van der Waals surface area contributed by atoms with Crippen molar-refractivity contribution in [2.24, 2.45) is 5.92 Å². The smallest absolute Gasteiger partial charge is 0.326 e. The van der Waals surface area contributed by atoms with E-state index in [0.717, 1.165) is 12.1 Å². The van der Waals surface area contributed by atoms with Gasteiger partial charge in [-0.25, -0.2) is 8.78 Å². The first-order valence-corrected chi connectivity index (χ1v) is 12.2. The minimum absolute atomic E-state index is 0.0568. The molecule has 0 saturated heterocycles. The van der Waals surface area contributed by atoms with E-state index in [1.165, 1.54) is 18.2 Å². The van der Waals surface area contributed by atoms with E-state index in [4.69, 9.17) is 34.8 Å². The van der Waals surface area contributed by atoms with Crippen molar-refractivity contribution in [3.63, 3.8) is 0 Å². The molecule has 0 aliphatic heterocycles. The van der Waals surface area contributed by atoms with Gasteiger partial charge in [0.1, 0.15) is 15.8 Å². The van der Waals surface area contributed by atoms with E-state index >= 15 is 0 Å². The summed E-state index contributed by atoms with van der Waals surface area (Å²) in [5.41, 5.74) is -1.50. The Hall–Kier alpha value is -2.28. The van der Waals surface area contributed by atoms with Crippen LogP contribution in [0, 0.1) is 17.6 Å². The number of nitrogens with one attached hydrogen (secondary N) is 3. The topological polar surface area (TPSA) is 87.3 Å². The maximum absolute atomic E-state index is 14.8. The van der Waals surface area contributed by atoms with Crippen molar-refractivity contribution in [3.05, 3.63) is 52.6 Å². The molecule has 0 heterocycles. The number of rotatable bonds is 8. The van der Waals surface area contributed by atoms with Gasteiger partial charge in [-0.15, -0.1) is 35.0 Å². The summed E-state index contributed by atoms with van der Waals surface area (Å²) in [6.45, 7) is 0. The number of hydrogen-bond acceptors (Lipinski definition) is 4. The molecule has 0 spiro atoms. The Bertz CT molecular complexity index is 1210. The first-order valence-electron chi connectivity index (χ1n) is 9.90. The van der Waals surface area contributed by atoms with E-state index in [1.54, 1.807) is 0 Å². The van der Waals surface area contributed by atoms with E-state index < -0.39 is 68.7 Å². The number of anilines is 3. The highest BCUT2D eigenvalue weighted by molar-refractivity contribution is 8.00. The van der Waals surface area contributed by atoms with Crippen LogP contribution in [0.15, 0.2) is 30.3 Å². The highest BCUT2D eigenvalue weighted by Crippen LogP contribution is 2.53. The molecule has 0 radical (unpaired) electrons. The third-order valence-electron chi connectivity index (χ3n) is 4.72. The lowest BCUT2D eigenvalue weighted by molar-refractivity contribution is -0.117. The Balaban J connectivity index is 1.71. The van der Waals surface area contributed by atoms with E-state index in [0.29, 0.717) is 0 Å². The molecular formula is C21H15Cl3F5N3O3S. The molecule has 36 heavy (non-hydrogen) atoms. The van der Waals surface area contributed by atoms with Crippen LogP contribution in [0.25, 0.3) is 0 Å². The summed E-state index contributed by atoms with van der Waals surface area (Å²) in [5.74, 6) is -7.74. The summed E-state index contributed by atoms with van der Waals surface area (Å²) >= 11 is 18.0. The van der Waals surface area contributed by atoms with Gasteiger partial charge in [0.05, 0.1) is 33.7 Å². The molecule has 0 aromatic heterocycles. The highest BCUT2D eigenvalue weighted by Gasteiger charge is 2.56. The fraction of sp³-hybridized carbons (Fsp3) is 0.286. The van der Waals surface area contributed by atoms with Crippen molar-refractivity contribution in [3.8, 4) is 0 Å². The summed E-state index contributed by atoms with van der Waals surface area (Å²) in [6, 6.07) is 5.55. The number of thioether (sulfide) groups is 1. The summed E-state index contributed by atoms with van der Waals surface area (Å²) in [7, 11) is 0. The molecule has 1 fully saturated rings. The minimum Gasteiger partial charge on any atom is -0.326 e. The molecule has 6 nitrogen and oxygen atoms in total. The molecule has 3 amide bonds. The summed E-state index contributed by atoms with van der Waals surface area (Å²) in [5, 5.41) is 6.51. The molecule has 1 aliphatic rings. The van der Waals surface area contributed by atoms with Gasteiger partial charge in [-0.2, -0.15) is 13.2 Å². The lowest BCUT2D eigenvalue weighted by Crippen LogP contribution is -2.20. The number of carbonyl (C=O) groups is 3. The van der Waals surface area contributed by atoms with E-state index in [2.05, 4.69) is 10.6 Å². The van der Waals surface area contributed by atoms with Gasteiger partial charge in [-0.05, 0) is 36.8 Å². The molecule has 3 N–H and O–H groups in total. The van der Waals surface area contributed by atoms with Gasteiger partial charge in [-0.3, -0.25) is 14.4 Å². The van der Waals surface area contributed by atoms with Gasteiger partial charge in [0, 0.05) is 5.69 Å². The molecule has 1 aliphatic carbocycles. The predicted octanol–water partition coefficient (Wildman–Crippen LogP) is 6.24. The van der Waals surface area contributed by atoms with Crippen molar-refractivity contribution in [2.45, 2.75) is 16.9 Å². The van der Waals surface area contributed by atoms with E-state index in [-0.39, 0.29) is 34.5 Å². The molecule has 1 saturated carbocycles. The van der Waals surface area contributed by atoms with Crippen LogP contribution < -0.4 is 16.0 Å². The van der Waals surface area contributed by atoms with Crippen LogP contribution in [0.5, 0.6) is 0 Å². The van der Waals surface area contributed by atoms with Crippen molar-refractivity contribution in [1.29, 1.82) is 0 Å². The number of hydrogen-bond donors (Lipinski definition) is 3. The van der Waals surface area contributed by atoms with Crippen molar-refractivity contribution in [1.82, 2.24) is 0 Å². The molecule has 3 rings (SSSR count). The number of amides is 3. The average Bonchev–Trinajstić information content (AvgIpc) is 3.41. The third-order valence-corrected chi connectivity index (χ3v) is 6.89.